The Hall–Kier alpha value is -1.23. The van der Waals surface area contributed by atoms with Crippen LogP contribution < -0.4 is 4.74 Å². The summed E-state index contributed by atoms with van der Waals surface area (Å²) < 4.78 is 5.12. The molecule has 7 heteroatoms. The molecule has 1 N–H and O–H groups in total. The Morgan fingerprint density at radius 1 is 1.45 bits per heavy atom. The highest BCUT2D eigenvalue weighted by Crippen LogP contribution is 2.48. The summed E-state index contributed by atoms with van der Waals surface area (Å²) in [4.78, 5) is 23.2. The average Bonchev–Trinajstić information content (AvgIpc) is 2.63. The summed E-state index contributed by atoms with van der Waals surface area (Å²) in [6, 6.07) is 1.56. The second-order valence-electron chi connectivity index (χ2n) is 5.48. The van der Waals surface area contributed by atoms with Gasteiger partial charge in [-0.15, -0.1) is 0 Å². The van der Waals surface area contributed by atoms with Gasteiger partial charge in [-0.1, -0.05) is 48.3 Å². The number of benzene rings is 1. The Bertz CT molecular complexity index is 684. The molecule has 1 aromatic carbocycles. The quantitative estimate of drug-likeness (QED) is 0.845. The molecule has 0 aliphatic heterocycles. The van der Waals surface area contributed by atoms with Gasteiger partial charge in [-0.3, -0.25) is 4.79 Å². The molecule has 1 aromatic rings. The van der Waals surface area contributed by atoms with E-state index in [1.54, 1.807) is 13.0 Å². The number of carboxylic acids is 1. The number of fused-ring (bicyclic) bond motifs is 1. The largest absolute Gasteiger partial charge is 0.480 e. The van der Waals surface area contributed by atoms with Gasteiger partial charge in [-0.2, -0.15) is 0 Å². The van der Waals surface area contributed by atoms with Gasteiger partial charge in [0.05, 0.1) is 5.02 Å². The van der Waals surface area contributed by atoms with Gasteiger partial charge >= 0.3 is 5.97 Å². The van der Waals surface area contributed by atoms with Crippen LogP contribution >= 0.6 is 34.8 Å². The number of rotatable bonds is 5. The number of carbonyl (C=O) groups is 2. The summed E-state index contributed by atoms with van der Waals surface area (Å²) in [6.07, 6.45) is 0.731. The summed E-state index contributed by atoms with van der Waals surface area (Å²) in [5.74, 6) is -1.14. The van der Waals surface area contributed by atoms with Crippen molar-refractivity contribution in [1.82, 2.24) is 0 Å². The molecule has 22 heavy (non-hydrogen) atoms. The first-order valence-electron chi connectivity index (χ1n) is 6.39. The summed E-state index contributed by atoms with van der Waals surface area (Å²) in [5, 5.41) is 9.16. The van der Waals surface area contributed by atoms with E-state index in [2.05, 4.69) is 6.58 Å². The third-order valence-electron chi connectivity index (χ3n) is 3.54. The smallest absolute Gasteiger partial charge is 0.341 e. The van der Waals surface area contributed by atoms with Gasteiger partial charge in [0.25, 0.3) is 0 Å². The summed E-state index contributed by atoms with van der Waals surface area (Å²) in [7, 11) is 0. The highest BCUT2D eigenvalue weighted by Gasteiger charge is 2.44. The number of hydrogen-bond donors (Lipinski definition) is 1. The van der Waals surface area contributed by atoms with Crippen molar-refractivity contribution in [1.29, 1.82) is 0 Å². The maximum atomic E-state index is 12.6. The van der Waals surface area contributed by atoms with Gasteiger partial charge in [0, 0.05) is 16.0 Å². The molecule has 0 saturated heterocycles. The van der Waals surface area contributed by atoms with Crippen molar-refractivity contribution in [3.8, 4) is 5.75 Å². The van der Waals surface area contributed by atoms with Gasteiger partial charge in [0.1, 0.15) is 10.8 Å². The lowest BCUT2D eigenvalue weighted by atomic mass is 9.82. The Morgan fingerprint density at radius 3 is 2.64 bits per heavy atom. The minimum atomic E-state index is -1.13. The van der Waals surface area contributed by atoms with Gasteiger partial charge in [0.15, 0.2) is 12.4 Å². The summed E-state index contributed by atoms with van der Waals surface area (Å²) >= 11 is 18.1. The monoisotopic (exact) mass is 362 g/mol. The van der Waals surface area contributed by atoms with Crippen molar-refractivity contribution in [3.63, 3.8) is 0 Å². The molecule has 0 aromatic heterocycles. The predicted molar refractivity (Wildman–Crippen MR) is 85.3 cm³/mol. The van der Waals surface area contributed by atoms with E-state index in [1.807, 2.05) is 0 Å². The summed E-state index contributed by atoms with van der Waals surface area (Å²) in [6.45, 7) is 4.87. The minimum Gasteiger partial charge on any atom is -0.480 e. The third-order valence-corrected chi connectivity index (χ3v) is 4.53. The van der Waals surface area contributed by atoms with Gasteiger partial charge in [0.2, 0.25) is 0 Å². The van der Waals surface area contributed by atoms with E-state index >= 15 is 0 Å². The first kappa shape index (κ1) is 17.1. The van der Waals surface area contributed by atoms with Crippen LogP contribution in [-0.2, 0) is 11.2 Å². The molecular formula is C15H13Cl3O4. The van der Waals surface area contributed by atoms with Crippen LogP contribution in [0.5, 0.6) is 5.75 Å². The lowest BCUT2D eigenvalue weighted by Gasteiger charge is -2.20. The number of ether oxygens (including phenoxy) is 1. The zero-order chi connectivity index (χ0) is 16.7. The average molecular weight is 364 g/mol. The molecule has 4 nitrogen and oxygen atoms in total. The summed E-state index contributed by atoms with van der Waals surface area (Å²) in [5.41, 5.74) is 0.273. The lowest BCUT2D eigenvalue weighted by molar-refractivity contribution is -0.139. The fourth-order valence-corrected chi connectivity index (χ4v) is 3.45. The van der Waals surface area contributed by atoms with Gasteiger partial charge < -0.3 is 9.84 Å². The number of carboxylic acid groups (broad SMARTS) is 1. The number of hydrogen-bond acceptors (Lipinski definition) is 3. The van der Waals surface area contributed by atoms with Crippen LogP contribution in [0.1, 0.15) is 29.3 Å². The number of carbonyl (C=O) groups excluding carboxylic acids is 1. The molecule has 1 unspecified atom stereocenters. The second-order valence-corrected chi connectivity index (χ2v) is 6.77. The van der Waals surface area contributed by atoms with E-state index in [4.69, 9.17) is 44.6 Å². The molecule has 2 rings (SSSR count). The van der Waals surface area contributed by atoms with Crippen LogP contribution in [0.3, 0.4) is 0 Å². The lowest BCUT2D eigenvalue weighted by Crippen LogP contribution is -2.24. The minimum absolute atomic E-state index is 0.0315. The predicted octanol–water partition coefficient (Wildman–Crippen LogP) is 4.34. The van der Waals surface area contributed by atoms with Crippen molar-refractivity contribution >= 4 is 46.6 Å². The first-order chi connectivity index (χ1) is 10.2. The number of halogens is 3. The van der Waals surface area contributed by atoms with E-state index in [9.17, 15) is 9.59 Å². The SMILES string of the molecule is C=C(Cl)CC1(C)Cc2cc(OCC(=O)O)c(Cl)c(Cl)c2C1=O. The maximum Gasteiger partial charge on any atom is 0.341 e. The van der Waals surface area contributed by atoms with Crippen molar-refractivity contribution in [2.45, 2.75) is 19.8 Å². The van der Waals surface area contributed by atoms with Crippen molar-refractivity contribution in [2.75, 3.05) is 6.61 Å². The molecule has 0 radical (unpaired) electrons. The Labute approximate surface area is 142 Å². The molecule has 1 aliphatic rings. The van der Waals surface area contributed by atoms with Crippen LogP contribution in [0.15, 0.2) is 17.7 Å². The van der Waals surface area contributed by atoms with E-state index in [-0.39, 0.29) is 21.6 Å². The number of allylic oxidation sites excluding steroid dienone is 1. The molecule has 0 amide bonds. The molecule has 0 bridgehead atoms. The number of Topliss-reactive ketones (excluding diaryl/α,β-unsaturated/α-hetero) is 1. The number of aliphatic carboxylic acids is 1. The fourth-order valence-electron chi connectivity index (χ4n) is 2.65. The van der Waals surface area contributed by atoms with E-state index < -0.39 is 18.0 Å². The molecule has 0 heterocycles. The highest BCUT2D eigenvalue weighted by atomic mass is 35.5. The third kappa shape index (κ3) is 3.09. The van der Waals surface area contributed by atoms with Gasteiger partial charge in [-0.05, 0) is 24.5 Å². The zero-order valence-corrected chi connectivity index (χ0v) is 14.0. The molecule has 0 saturated carbocycles. The van der Waals surface area contributed by atoms with Crippen LogP contribution in [0, 0.1) is 5.41 Å². The molecule has 0 fully saturated rings. The molecule has 118 valence electrons. The molecular weight excluding hydrogens is 351 g/mol. The maximum absolute atomic E-state index is 12.6. The first-order valence-corrected chi connectivity index (χ1v) is 7.52. The van der Waals surface area contributed by atoms with Crippen molar-refractivity contribution in [3.05, 3.63) is 38.8 Å². The van der Waals surface area contributed by atoms with Crippen LogP contribution in [0.2, 0.25) is 10.0 Å². The van der Waals surface area contributed by atoms with Crippen LogP contribution in [0.25, 0.3) is 0 Å². The Kier molecular flexibility index (Phi) is 4.76. The van der Waals surface area contributed by atoms with Gasteiger partial charge in [-0.25, -0.2) is 4.79 Å². The number of ketones is 1. The van der Waals surface area contributed by atoms with Crippen molar-refractivity contribution in [2.24, 2.45) is 5.41 Å². The van der Waals surface area contributed by atoms with Crippen LogP contribution in [0.4, 0.5) is 0 Å². The van der Waals surface area contributed by atoms with E-state index in [0.29, 0.717) is 29.0 Å². The standard InChI is InChI=1S/C15H13Cl3O4/c1-7(16)4-15(2)5-8-3-9(22-6-10(19)20)12(17)13(18)11(8)14(15)21/h3H,1,4-6H2,2H3,(H,19,20). The topological polar surface area (TPSA) is 63.6 Å². The second kappa shape index (κ2) is 6.11. The Balaban J connectivity index is 2.43. The fraction of sp³-hybridized carbons (Fsp3) is 0.333. The van der Waals surface area contributed by atoms with Crippen molar-refractivity contribution < 1.29 is 19.4 Å². The Morgan fingerprint density at radius 2 is 2.09 bits per heavy atom. The molecule has 0 spiro atoms. The zero-order valence-electron chi connectivity index (χ0n) is 11.7. The molecule has 1 aliphatic carbocycles. The highest BCUT2D eigenvalue weighted by molar-refractivity contribution is 6.45. The molecule has 1 atom stereocenters. The van der Waals surface area contributed by atoms with E-state index in [1.165, 1.54) is 0 Å². The normalized spacial score (nSPS) is 19.9. The van der Waals surface area contributed by atoms with Crippen LogP contribution in [-0.4, -0.2) is 23.5 Å². The van der Waals surface area contributed by atoms with E-state index in [0.717, 1.165) is 0 Å².